The van der Waals surface area contributed by atoms with Crippen LogP contribution in [0.25, 0.3) is 27.7 Å². The number of phenols is 1. The number of benzene rings is 2. The average Bonchev–Trinajstić information content (AvgIpc) is 2.86. The molecule has 5 rings (SSSR count). The van der Waals surface area contributed by atoms with Crippen LogP contribution in [0.2, 0.25) is 5.02 Å². The molecular formula is C25H22ClFN4O5. The minimum absolute atomic E-state index is 0.0453. The number of carbonyl (C=O) groups is 1. The number of aromatic nitrogens is 2. The summed E-state index contributed by atoms with van der Waals surface area (Å²) in [7, 11) is 0. The number of amides is 1. The Morgan fingerprint density at radius 2 is 2.14 bits per heavy atom. The summed E-state index contributed by atoms with van der Waals surface area (Å²) in [5.41, 5.74) is -0.423. The van der Waals surface area contributed by atoms with Crippen LogP contribution in [0.5, 0.6) is 11.5 Å². The number of phenolic OH excluding ortho intramolecular Hbond substituents is 1. The van der Waals surface area contributed by atoms with Crippen molar-refractivity contribution in [3.8, 4) is 22.6 Å². The fourth-order valence-corrected chi connectivity index (χ4v) is 5.08. The average molecular weight is 513 g/mol. The number of nitrogens with zero attached hydrogens (tertiary/aromatic N) is 4. The van der Waals surface area contributed by atoms with E-state index in [9.17, 15) is 24.2 Å². The molecule has 3 heterocycles. The molecule has 0 bridgehead atoms. The number of halogens is 2. The van der Waals surface area contributed by atoms with Gasteiger partial charge in [-0.15, -0.1) is 0 Å². The van der Waals surface area contributed by atoms with Crippen molar-refractivity contribution in [2.24, 2.45) is 0 Å². The molecule has 0 unspecified atom stereocenters. The second kappa shape index (κ2) is 8.96. The van der Waals surface area contributed by atoms with Gasteiger partial charge in [0.25, 0.3) is 0 Å². The maximum atomic E-state index is 14.9. The lowest BCUT2D eigenvalue weighted by atomic mass is 9.99. The van der Waals surface area contributed by atoms with Gasteiger partial charge < -0.3 is 24.7 Å². The molecular weight excluding hydrogens is 491 g/mol. The largest absolute Gasteiger partial charge is 0.507 e. The molecule has 2 N–H and O–H groups in total. The summed E-state index contributed by atoms with van der Waals surface area (Å²) in [6.07, 6.45) is 2.43. The highest BCUT2D eigenvalue weighted by atomic mass is 35.5. The smallest absolute Gasteiger partial charge is 0.354 e. The van der Waals surface area contributed by atoms with Crippen molar-refractivity contribution >= 4 is 39.9 Å². The minimum Gasteiger partial charge on any atom is -0.507 e. The summed E-state index contributed by atoms with van der Waals surface area (Å²) in [5.74, 6) is -0.903. The maximum Gasteiger partial charge on any atom is 0.354 e. The molecule has 11 heteroatoms. The Morgan fingerprint density at radius 1 is 1.36 bits per heavy atom. The minimum atomic E-state index is -0.729. The highest BCUT2D eigenvalue weighted by molar-refractivity contribution is 6.35. The molecule has 1 atom stereocenters. The van der Waals surface area contributed by atoms with Gasteiger partial charge in [0.2, 0.25) is 5.91 Å². The van der Waals surface area contributed by atoms with Gasteiger partial charge >= 0.3 is 5.69 Å². The van der Waals surface area contributed by atoms with E-state index in [2.05, 4.69) is 11.6 Å². The fourth-order valence-electron chi connectivity index (χ4n) is 4.79. The number of carbonyl (C=O) groups excluding carboxylic acids is 1. The first-order valence-electron chi connectivity index (χ1n) is 11.2. The van der Waals surface area contributed by atoms with Crippen LogP contribution in [-0.2, 0) is 4.79 Å². The summed E-state index contributed by atoms with van der Waals surface area (Å²) in [6.45, 7) is 6.08. The predicted octanol–water partition coefficient (Wildman–Crippen LogP) is 2.97. The highest BCUT2D eigenvalue weighted by Gasteiger charge is 2.33. The summed E-state index contributed by atoms with van der Waals surface area (Å²) in [4.78, 5) is 33.2. The number of anilines is 1. The Kier molecular flexibility index (Phi) is 5.93. The number of aliphatic hydroxyl groups excluding tert-OH is 1. The molecule has 1 amide bonds. The van der Waals surface area contributed by atoms with Crippen LogP contribution in [-0.4, -0.2) is 62.9 Å². The summed E-state index contributed by atoms with van der Waals surface area (Å²) in [6, 6.07) is 5.19. The van der Waals surface area contributed by atoms with E-state index in [4.69, 9.17) is 16.3 Å². The molecule has 9 nitrogen and oxygen atoms in total. The van der Waals surface area contributed by atoms with E-state index in [0.717, 1.165) is 0 Å². The lowest BCUT2D eigenvalue weighted by molar-refractivity contribution is -0.126. The molecule has 1 fully saturated rings. The van der Waals surface area contributed by atoms with Gasteiger partial charge in [-0.1, -0.05) is 24.2 Å². The molecule has 0 aliphatic carbocycles. The van der Waals surface area contributed by atoms with Gasteiger partial charge in [0.1, 0.15) is 29.2 Å². The third kappa shape index (κ3) is 3.61. The number of aliphatic hydroxyl groups is 1. The van der Waals surface area contributed by atoms with Gasteiger partial charge in [-0.3, -0.25) is 9.36 Å². The zero-order valence-electron chi connectivity index (χ0n) is 19.2. The Bertz CT molecular complexity index is 1500. The van der Waals surface area contributed by atoms with E-state index in [-0.39, 0.29) is 50.8 Å². The SMILES string of the molecule is C=CC(=O)N1CCN(c2nc(=O)n3c4c(c(-c5c(O)cccc5F)c(Cl)cc24)OC=C3CO)[C@@H](C)C1. The third-order valence-corrected chi connectivity index (χ3v) is 6.75. The predicted molar refractivity (Wildman–Crippen MR) is 134 cm³/mol. The lowest BCUT2D eigenvalue weighted by Gasteiger charge is -2.40. The molecule has 2 aliphatic rings. The Balaban J connectivity index is 1.78. The normalized spacial score (nSPS) is 17.1. The van der Waals surface area contributed by atoms with Crippen molar-refractivity contribution < 1.29 is 24.1 Å². The summed E-state index contributed by atoms with van der Waals surface area (Å²) >= 11 is 6.66. The topological polar surface area (TPSA) is 108 Å². The van der Waals surface area contributed by atoms with Crippen molar-refractivity contribution in [3.05, 3.63) is 64.5 Å². The fraction of sp³-hybridized carbons (Fsp3) is 0.240. The first-order chi connectivity index (χ1) is 17.3. The monoisotopic (exact) mass is 512 g/mol. The van der Waals surface area contributed by atoms with E-state index < -0.39 is 18.1 Å². The van der Waals surface area contributed by atoms with Crippen molar-refractivity contribution in [3.63, 3.8) is 0 Å². The second-order valence-corrected chi connectivity index (χ2v) is 8.97. The quantitative estimate of drug-likeness (QED) is 0.517. The first-order valence-corrected chi connectivity index (χ1v) is 11.6. The number of hydrogen-bond donors (Lipinski definition) is 2. The molecule has 1 saturated heterocycles. The Hall–Kier alpha value is -3.89. The highest BCUT2D eigenvalue weighted by Crippen LogP contribution is 2.49. The number of piperazine rings is 1. The summed E-state index contributed by atoms with van der Waals surface area (Å²) < 4.78 is 21.9. The number of rotatable bonds is 4. The zero-order valence-corrected chi connectivity index (χ0v) is 20.0. The number of ether oxygens (including phenoxy) is 1. The van der Waals surface area contributed by atoms with Gasteiger partial charge in [0.05, 0.1) is 28.5 Å². The Labute approximate surface area is 209 Å². The van der Waals surface area contributed by atoms with E-state index >= 15 is 0 Å². The van der Waals surface area contributed by atoms with E-state index in [1.54, 1.807) is 4.90 Å². The van der Waals surface area contributed by atoms with E-state index in [0.29, 0.717) is 30.8 Å². The number of hydrogen-bond acceptors (Lipinski definition) is 7. The van der Waals surface area contributed by atoms with Crippen LogP contribution in [0, 0.1) is 5.82 Å². The molecule has 2 aromatic carbocycles. The third-order valence-electron chi connectivity index (χ3n) is 6.45. The molecule has 0 saturated carbocycles. The van der Waals surface area contributed by atoms with Crippen LogP contribution < -0.4 is 15.3 Å². The van der Waals surface area contributed by atoms with Crippen LogP contribution in [0.3, 0.4) is 0 Å². The summed E-state index contributed by atoms with van der Waals surface area (Å²) in [5, 5.41) is 20.8. The lowest BCUT2D eigenvalue weighted by Crippen LogP contribution is -2.54. The van der Waals surface area contributed by atoms with Crippen LogP contribution >= 0.6 is 11.6 Å². The molecule has 1 aromatic heterocycles. The standard InChI is InChI=1S/C25H22ClFN4O5/c1-3-19(34)29-7-8-30(13(2)10-29)24-15-9-16(26)20(21-17(27)5-4-6-18(21)33)23-22(15)31(25(35)28-24)14(11-32)12-36-23/h3-6,9,12-13,32-33H,1,7-8,10-11H2,2H3/t13-/m0/s1. The van der Waals surface area contributed by atoms with E-state index in [1.807, 2.05) is 11.8 Å². The van der Waals surface area contributed by atoms with Crippen LogP contribution in [0.4, 0.5) is 10.2 Å². The molecule has 3 aromatic rings. The van der Waals surface area contributed by atoms with Crippen molar-refractivity contribution in [1.29, 1.82) is 0 Å². The van der Waals surface area contributed by atoms with Crippen molar-refractivity contribution in [2.45, 2.75) is 13.0 Å². The van der Waals surface area contributed by atoms with Gasteiger partial charge in [-0.2, -0.15) is 4.98 Å². The second-order valence-electron chi connectivity index (χ2n) is 8.56. The van der Waals surface area contributed by atoms with Crippen LogP contribution in [0.1, 0.15) is 6.92 Å². The van der Waals surface area contributed by atoms with Crippen molar-refractivity contribution in [1.82, 2.24) is 14.5 Å². The zero-order chi connectivity index (χ0) is 25.7. The molecule has 0 radical (unpaired) electrons. The van der Waals surface area contributed by atoms with Gasteiger partial charge in [0, 0.05) is 31.1 Å². The first kappa shape index (κ1) is 23.8. The number of aromatic hydroxyl groups is 1. The maximum absolute atomic E-state index is 14.9. The molecule has 36 heavy (non-hydrogen) atoms. The van der Waals surface area contributed by atoms with Gasteiger partial charge in [-0.05, 0) is 31.2 Å². The van der Waals surface area contributed by atoms with Crippen molar-refractivity contribution in [2.75, 3.05) is 31.1 Å². The molecule has 2 aliphatic heterocycles. The Morgan fingerprint density at radius 3 is 2.81 bits per heavy atom. The van der Waals surface area contributed by atoms with Gasteiger partial charge in [0.15, 0.2) is 5.75 Å². The van der Waals surface area contributed by atoms with Crippen LogP contribution in [0.15, 0.2) is 48.0 Å². The molecule has 0 spiro atoms. The van der Waals surface area contributed by atoms with Gasteiger partial charge in [-0.25, -0.2) is 9.18 Å². The van der Waals surface area contributed by atoms with E-state index in [1.165, 1.54) is 41.2 Å². The molecule has 186 valence electrons.